The van der Waals surface area contributed by atoms with Crippen LogP contribution in [0.15, 0.2) is 48.6 Å². The van der Waals surface area contributed by atoms with Crippen molar-refractivity contribution in [2.45, 2.75) is 140 Å². The summed E-state index contributed by atoms with van der Waals surface area (Å²) in [5.41, 5.74) is 6.06. The number of hydrogen-bond donors (Lipinski definition) is 4. The van der Waals surface area contributed by atoms with Gasteiger partial charge in [0.05, 0.1) is 12.7 Å². The Morgan fingerprint density at radius 2 is 1.50 bits per heavy atom. The molecular formula is C36H61NO8S. The predicted octanol–water partition coefficient (Wildman–Crippen LogP) is 6.81. The summed E-state index contributed by atoms with van der Waals surface area (Å²) < 4.78 is 10.5. The van der Waals surface area contributed by atoms with E-state index in [9.17, 15) is 24.6 Å². The Morgan fingerprint density at radius 3 is 2.20 bits per heavy atom. The number of unbranched alkanes of at least 4 members (excludes halogenated alkanes) is 9. The molecule has 0 fully saturated rings. The second-order valence-corrected chi connectivity index (χ2v) is 12.7. The molecule has 0 amide bonds. The van der Waals surface area contributed by atoms with Crippen LogP contribution in [0.4, 0.5) is 0 Å². The minimum Gasteiger partial charge on any atom is -0.481 e. The van der Waals surface area contributed by atoms with Gasteiger partial charge >= 0.3 is 17.9 Å². The van der Waals surface area contributed by atoms with E-state index in [4.69, 9.17) is 20.3 Å². The number of thioether (sulfide) groups is 1. The largest absolute Gasteiger partial charge is 0.481 e. The van der Waals surface area contributed by atoms with E-state index in [1.165, 1.54) is 50.3 Å². The molecule has 0 rings (SSSR count). The van der Waals surface area contributed by atoms with Gasteiger partial charge in [0.2, 0.25) is 0 Å². The van der Waals surface area contributed by atoms with E-state index >= 15 is 0 Å². The average Bonchev–Trinajstić information content (AvgIpc) is 3.03. The summed E-state index contributed by atoms with van der Waals surface area (Å²) in [5.74, 6) is -1.95. The number of carbonyl (C=O) groups excluding carboxylic acids is 2. The van der Waals surface area contributed by atoms with Crippen LogP contribution in [-0.4, -0.2) is 75.7 Å². The number of carboxylic acids is 1. The lowest BCUT2D eigenvalue weighted by molar-refractivity contribution is -0.162. The summed E-state index contributed by atoms with van der Waals surface area (Å²) in [4.78, 5) is 35.5. The van der Waals surface area contributed by atoms with Gasteiger partial charge in [-0.3, -0.25) is 14.4 Å². The second-order valence-electron chi connectivity index (χ2n) is 11.5. The summed E-state index contributed by atoms with van der Waals surface area (Å²) in [5, 5.41) is 28.9. The van der Waals surface area contributed by atoms with Crippen molar-refractivity contribution in [2.24, 2.45) is 5.73 Å². The second kappa shape index (κ2) is 31.2. The van der Waals surface area contributed by atoms with Crippen LogP contribution in [-0.2, 0) is 23.9 Å². The first-order chi connectivity index (χ1) is 22.2. The zero-order chi connectivity index (χ0) is 34.3. The van der Waals surface area contributed by atoms with Gasteiger partial charge in [-0.15, -0.1) is 11.8 Å². The number of aliphatic hydroxyl groups excluding tert-OH is 2. The van der Waals surface area contributed by atoms with E-state index in [1.54, 1.807) is 12.2 Å². The molecule has 10 heteroatoms. The Balaban J connectivity index is 4.77. The maximum Gasteiger partial charge on any atom is 0.324 e. The van der Waals surface area contributed by atoms with Crippen LogP contribution in [0.3, 0.4) is 0 Å². The van der Waals surface area contributed by atoms with Gasteiger partial charge in [0.25, 0.3) is 0 Å². The summed E-state index contributed by atoms with van der Waals surface area (Å²) >= 11 is 1.26. The maximum absolute atomic E-state index is 12.6. The number of rotatable bonds is 30. The summed E-state index contributed by atoms with van der Waals surface area (Å²) in [6, 6.07) is -1.04. The molecule has 0 saturated heterocycles. The molecule has 9 nitrogen and oxygen atoms in total. The third kappa shape index (κ3) is 26.8. The Bertz CT molecular complexity index is 904. The molecule has 0 radical (unpaired) electrons. The van der Waals surface area contributed by atoms with Crippen molar-refractivity contribution in [3.63, 3.8) is 0 Å². The van der Waals surface area contributed by atoms with E-state index < -0.39 is 48.0 Å². The first-order valence-corrected chi connectivity index (χ1v) is 18.2. The number of hydrogen-bond acceptors (Lipinski definition) is 9. The highest BCUT2D eigenvalue weighted by atomic mass is 32.2. The molecule has 0 spiro atoms. The molecule has 5 N–H and O–H groups in total. The zero-order valence-electron chi connectivity index (χ0n) is 28.2. The van der Waals surface area contributed by atoms with Crippen molar-refractivity contribution in [2.75, 3.05) is 19.0 Å². The van der Waals surface area contributed by atoms with Crippen LogP contribution in [0.2, 0.25) is 0 Å². The number of carboxylic acid groups (broad SMARTS) is 1. The number of aliphatic hydroxyl groups is 2. The molecule has 0 aliphatic rings. The van der Waals surface area contributed by atoms with Crippen molar-refractivity contribution in [3.05, 3.63) is 48.6 Å². The highest BCUT2D eigenvalue weighted by Crippen LogP contribution is 2.21. The number of nitrogens with two attached hydrogens (primary N) is 1. The first kappa shape index (κ1) is 43.6. The van der Waals surface area contributed by atoms with E-state index in [-0.39, 0.29) is 31.6 Å². The topological polar surface area (TPSA) is 156 Å². The van der Waals surface area contributed by atoms with Crippen molar-refractivity contribution >= 4 is 29.7 Å². The van der Waals surface area contributed by atoms with Gasteiger partial charge < -0.3 is 30.5 Å². The van der Waals surface area contributed by atoms with Crippen molar-refractivity contribution in [1.82, 2.24) is 0 Å². The third-order valence-corrected chi connectivity index (χ3v) is 8.53. The quantitative estimate of drug-likeness (QED) is 0.0278. The van der Waals surface area contributed by atoms with Crippen molar-refractivity contribution in [1.29, 1.82) is 0 Å². The summed E-state index contributed by atoms with van der Waals surface area (Å²) in [7, 11) is 0. The third-order valence-electron chi connectivity index (χ3n) is 7.13. The monoisotopic (exact) mass is 667 g/mol. The summed E-state index contributed by atoms with van der Waals surface area (Å²) in [6.07, 6.45) is 27.9. The van der Waals surface area contributed by atoms with E-state index in [1.807, 2.05) is 18.2 Å². The van der Waals surface area contributed by atoms with E-state index in [0.717, 1.165) is 38.5 Å². The lowest BCUT2D eigenvalue weighted by atomic mass is 10.1. The lowest BCUT2D eigenvalue weighted by Crippen LogP contribution is -2.40. The summed E-state index contributed by atoms with van der Waals surface area (Å²) in [6.45, 7) is 3.60. The smallest absolute Gasteiger partial charge is 0.324 e. The minimum atomic E-state index is -1.04. The molecule has 0 unspecified atom stereocenters. The Morgan fingerprint density at radius 1 is 0.826 bits per heavy atom. The Kier molecular flexibility index (Phi) is 29.6. The fourth-order valence-corrected chi connectivity index (χ4v) is 5.45. The van der Waals surface area contributed by atoms with Gasteiger partial charge in [-0.1, -0.05) is 114 Å². The standard InChI is InChI=1S/C36H61NO8S/c1-3-5-7-9-11-12-13-14-15-17-18-20-24-33(32(39)23-22-25-34(40)41)46-29-31(37)36(43)45-30(27-38)28-44-35(42)26-21-19-16-10-8-6-4-2/h11-12,14-15,17-18,20,24,30-33,38-39H,3-10,13,16,19,21-23,25-29,37H2,1-2H3,(H,40,41)/b12-11-,15-14-,18-17+,24-20+/t30-,31-,32-,33+/m0/s1. The van der Waals surface area contributed by atoms with E-state index in [2.05, 4.69) is 32.1 Å². The van der Waals surface area contributed by atoms with Crippen LogP contribution in [0.5, 0.6) is 0 Å². The van der Waals surface area contributed by atoms with Crippen LogP contribution in [0.25, 0.3) is 0 Å². The molecule has 4 atom stereocenters. The van der Waals surface area contributed by atoms with Gasteiger partial charge in [-0.05, 0) is 38.5 Å². The SMILES string of the molecule is CCCCC/C=C\C\C=C/C=C/C=C/[C@@H](SC[C@H](N)C(=O)O[C@@H](CO)COC(=O)CCCCCCCCC)[C@@H](O)CCCC(=O)O. The van der Waals surface area contributed by atoms with Gasteiger partial charge in [-0.2, -0.15) is 0 Å². The molecule has 0 aliphatic carbocycles. The molecule has 264 valence electrons. The van der Waals surface area contributed by atoms with Crippen molar-refractivity contribution < 1.29 is 39.2 Å². The van der Waals surface area contributed by atoms with Crippen LogP contribution >= 0.6 is 11.8 Å². The lowest BCUT2D eigenvalue weighted by Gasteiger charge is -2.22. The van der Waals surface area contributed by atoms with Gasteiger partial charge in [0.1, 0.15) is 12.6 Å². The van der Waals surface area contributed by atoms with Crippen LogP contribution < -0.4 is 5.73 Å². The highest BCUT2D eigenvalue weighted by Gasteiger charge is 2.24. The fraction of sp³-hybridized carbons (Fsp3) is 0.694. The molecule has 0 aliphatic heterocycles. The minimum absolute atomic E-state index is 0.0477. The Labute approximate surface area is 281 Å². The number of ether oxygens (including phenoxy) is 2. The normalized spacial score (nSPS) is 14.7. The zero-order valence-corrected chi connectivity index (χ0v) is 29.0. The number of carbonyl (C=O) groups is 3. The Hall–Kier alpha value is -2.40. The molecule has 0 heterocycles. The van der Waals surface area contributed by atoms with Gasteiger partial charge in [0.15, 0.2) is 6.10 Å². The molecule has 0 bridgehead atoms. The average molecular weight is 668 g/mol. The number of allylic oxidation sites excluding steroid dienone is 7. The first-order valence-electron chi connectivity index (χ1n) is 17.1. The maximum atomic E-state index is 12.6. The van der Waals surface area contributed by atoms with E-state index in [0.29, 0.717) is 6.42 Å². The molecular weight excluding hydrogens is 606 g/mol. The van der Waals surface area contributed by atoms with Crippen molar-refractivity contribution in [3.8, 4) is 0 Å². The van der Waals surface area contributed by atoms with Gasteiger partial charge in [-0.25, -0.2) is 0 Å². The molecule has 46 heavy (non-hydrogen) atoms. The van der Waals surface area contributed by atoms with Crippen LogP contribution in [0, 0.1) is 0 Å². The molecule has 0 aromatic carbocycles. The van der Waals surface area contributed by atoms with Crippen LogP contribution in [0.1, 0.15) is 117 Å². The highest BCUT2D eigenvalue weighted by molar-refractivity contribution is 8.00. The molecule has 0 aromatic rings. The van der Waals surface area contributed by atoms with Gasteiger partial charge in [0, 0.05) is 23.8 Å². The molecule has 0 saturated carbocycles. The predicted molar refractivity (Wildman–Crippen MR) is 188 cm³/mol. The molecule has 0 aromatic heterocycles. The number of esters is 2. The number of aliphatic carboxylic acids is 1. The fourth-order valence-electron chi connectivity index (χ4n) is 4.33.